The Morgan fingerprint density at radius 3 is 2.71 bits per heavy atom. The maximum absolute atomic E-state index is 12.3. The molecule has 1 fully saturated rings. The molecule has 1 amide bonds. The third-order valence-corrected chi connectivity index (χ3v) is 4.21. The molecule has 1 saturated carbocycles. The quantitative estimate of drug-likeness (QED) is 0.845. The minimum absolute atomic E-state index is 0.0129. The van der Waals surface area contributed by atoms with E-state index in [9.17, 15) is 14.7 Å². The molecule has 1 unspecified atom stereocenters. The van der Waals surface area contributed by atoms with Gasteiger partial charge in [0, 0.05) is 12.5 Å². The number of hydrogen-bond acceptors (Lipinski definition) is 3. The van der Waals surface area contributed by atoms with E-state index in [1.807, 2.05) is 19.1 Å². The van der Waals surface area contributed by atoms with Gasteiger partial charge in [0.1, 0.15) is 5.76 Å². The molecule has 5 nitrogen and oxygen atoms in total. The molecule has 0 aromatic carbocycles. The van der Waals surface area contributed by atoms with Crippen molar-refractivity contribution in [3.8, 4) is 0 Å². The Bertz CT molecular complexity index is 469. The third-order valence-electron chi connectivity index (χ3n) is 4.21. The molecule has 2 N–H and O–H groups in total. The van der Waals surface area contributed by atoms with Crippen molar-refractivity contribution < 1.29 is 19.1 Å². The molecule has 0 bridgehead atoms. The van der Waals surface area contributed by atoms with Gasteiger partial charge in [0.05, 0.1) is 18.1 Å². The van der Waals surface area contributed by atoms with Crippen LogP contribution in [0.3, 0.4) is 0 Å². The van der Waals surface area contributed by atoms with Gasteiger partial charge in [-0.25, -0.2) is 0 Å². The SMILES string of the molecule is CC(CCc1ccco1)NC(=O)[C@@H]1CCCC[C@@H]1C(=O)O. The van der Waals surface area contributed by atoms with Crippen LogP contribution in [0.2, 0.25) is 0 Å². The van der Waals surface area contributed by atoms with Gasteiger partial charge < -0.3 is 14.8 Å². The van der Waals surface area contributed by atoms with E-state index in [0.717, 1.165) is 31.4 Å². The Labute approximate surface area is 124 Å². The molecular weight excluding hydrogens is 270 g/mol. The minimum Gasteiger partial charge on any atom is -0.481 e. The van der Waals surface area contributed by atoms with Crippen molar-refractivity contribution in [2.75, 3.05) is 0 Å². The van der Waals surface area contributed by atoms with E-state index >= 15 is 0 Å². The Morgan fingerprint density at radius 2 is 2.10 bits per heavy atom. The number of carbonyl (C=O) groups is 2. The van der Waals surface area contributed by atoms with Crippen molar-refractivity contribution in [1.82, 2.24) is 5.32 Å². The molecule has 1 aromatic rings. The maximum Gasteiger partial charge on any atom is 0.307 e. The molecule has 0 saturated heterocycles. The second-order valence-electron chi connectivity index (χ2n) is 5.86. The molecule has 116 valence electrons. The van der Waals surface area contributed by atoms with E-state index in [1.165, 1.54) is 0 Å². The lowest BCUT2D eigenvalue weighted by atomic mass is 9.78. The molecule has 0 aliphatic heterocycles. The molecule has 1 heterocycles. The smallest absolute Gasteiger partial charge is 0.307 e. The molecule has 1 aliphatic carbocycles. The van der Waals surface area contributed by atoms with Crippen molar-refractivity contribution in [2.45, 2.75) is 51.5 Å². The van der Waals surface area contributed by atoms with E-state index in [1.54, 1.807) is 6.26 Å². The highest BCUT2D eigenvalue weighted by molar-refractivity contribution is 5.85. The van der Waals surface area contributed by atoms with Gasteiger partial charge in [0.15, 0.2) is 0 Å². The number of aryl methyl sites for hydroxylation is 1. The van der Waals surface area contributed by atoms with Crippen LogP contribution in [0.1, 0.15) is 44.8 Å². The molecule has 0 spiro atoms. The van der Waals surface area contributed by atoms with Crippen LogP contribution in [0.25, 0.3) is 0 Å². The van der Waals surface area contributed by atoms with Crippen LogP contribution >= 0.6 is 0 Å². The van der Waals surface area contributed by atoms with Gasteiger partial charge in [-0.2, -0.15) is 0 Å². The summed E-state index contributed by atoms with van der Waals surface area (Å²) >= 11 is 0. The van der Waals surface area contributed by atoms with E-state index < -0.39 is 11.9 Å². The van der Waals surface area contributed by atoms with Crippen molar-refractivity contribution in [3.63, 3.8) is 0 Å². The zero-order chi connectivity index (χ0) is 15.2. The Kier molecular flexibility index (Phi) is 5.42. The lowest BCUT2D eigenvalue weighted by molar-refractivity contribution is -0.149. The number of rotatable bonds is 6. The monoisotopic (exact) mass is 293 g/mol. The summed E-state index contributed by atoms with van der Waals surface area (Å²) in [5.74, 6) is -0.984. The predicted octanol–water partition coefficient (Wildman–Crippen LogP) is 2.61. The Balaban J connectivity index is 1.82. The fraction of sp³-hybridized carbons (Fsp3) is 0.625. The van der Waals surface area contributed by atoms with Crippen LogP contribution in [-0.2, 0) is 16.0 Å². The zero-order valence-electron chi connectivity index (χ0n) is 12.4. The zero-order valence-corrected chi connectivity index (χ0v) is 12.4. The molecule has 2 rings (SSSR count). The third kappa shape index (κ3) is 4.34. The number of carboxylic acids is 1. The highest BCUT2D eigenvalue weighted by atomic mass is 16.4. The average Bonchev–Trinajstić information content (AvgIpc) is 2.98. The van der Waals surface area contributed by atoms with Gasteiger partial charge in [-0.1, -0.05) is 12.8 Å². The standard InChI is InChI=1S/C16H23NO4/c1-11(8-9-12-5-4-10-21-12)17-15(18)13-6-2-3-7-14(13)16(19)20/h4-5,10-11,13-14H,2-3,6-9H2,1H3,(H,17,18)(H,19,20)/t11?,13-,14+/m1/s1. The van der Waals surface area contributed by atoms with Gasteiger partial charge >= 0.3 is 5.97 Å². The number of carbonyl (C=O) groups excluding carboxylic acids is 1. The molecule has 0 radical (unpaired) electrons. The summed E-state index contributed by atoms with van der Waals surface area (Å²) in [7, 11) is 0. The van der Waals surface area contributed by atoms with E-state index in [4.69, 9.17) is 4.42 Å². The normalized spacial score (nSPS) is 23.5. The number of amides is 1. The van der Waals surface area contributed by atoms with Gasteiger partial charge in [-0.3, -0.25) is 9.59 Å². The number of furan rings is 1. The van der Waals surface area contributed by atoms with Crippen molar-refractivity contribution in [1.29, 1.82) is 0 Å². The first-order valence-corrected chi connectivity index (χ1v) is 7.63. The summed E-state index contributed by atoms with van der Waals surface area (Å²) < 4.78 is 5.26. The first-order valence-electron chi connectivity index (χ1n) is 7.63. The fourth-order valence-electron chi connectivity index (χ4n) is 2.98. The average molecular weight is 293 g/mol. The van der Waals surface area contributed by atoms with Gasteiger partial charge in [-0.05, 0) is 38.3 Å². The number of aliphatic carboxylic acids is 1. The highest BCUT2D eigenvalue weighted by Crippen LogP contribution is 2.30. The summed E-state index contributed by atoms with van der Waals surface area (Å²) in [6.07, 6.45) is 6.29. The van der Waals surface area contributed by atoms with Gasteiger partial charge in [0.25, 0.3) is 0 Å². The molecule has 1 aliphatic rings. The van der Waals surface area contributed by atoms with Crippen molar-refractivity contribution in [3.05, 3.63) is 24.2 Å². The predicted molar refractivity (Wildman–Crippen MR) is 77.7 cm³/mol. The first kappa shape index (κ1) is 15.6. The highest BCUT2D eigenvalue weighted by Gasteiger charge is 2.35. The van der Waals surface area contributed by atoms with Crippen LogP contribution in [-0.4, -0.2) is 23.0 Å². The van der Waals surface area contributed by atoms with Crippen LogP contribution in [0, 0.1) is 11.8 Å². The summed E-state index contributed by atoms with van der Waals surface area (Å²) in [6, 6.07) is 3.77. The van der Waals surface area contributed by atoms with Crippen LogP contribution in [0.4, 0.5) is 0 Å². The van der Waals surface area contributed by atoms with Gasteiger partial charge in [0.2, 0.25) is 5.91 Å². The molecular formula is C16H23NO4. The van der Waals surface area contributed by atoms with Crippen LogP contribution in [0.5, 0.6) is 0 Å². The van der Waals surface area contributed by atoms with Crippen molar-refractivity contribution >= 4 is 11.9 Å². The van der Waals surface area contributed by atoms with Crippen LogP contribution < -0.4 is 5.32 Å². The number of hydrogen-bond donors (Lipinski definition) is 2. The molecule has 3 atom stereocenters. The number of nitrogens with one attached hydrogen (secondary N) is 1. The van der Waals surface area contributed by atoms with Crippen molar-refractivity contribution in [2.24, 2.45) is 11.8 Å². The second-order valence-corrected chi connectivity index (χ2v) is 5.86. The largest absolute Gasteiger partial charge is 0.481 e. The summed E-state index contributed by atoms with van der Waals surface area (Å²) in [6.45, 7) is 1.94. The van der Waals surface area contributed by atoms with Crippen LogP contribution in [0.15, 0.2) is 22.8 Å². The number of carboxylic acid groups (broad SMARTS) is 1. The lowest BCUT2D eigenvalue weighted by Crippen LogP contribution is -2.43. The summed E-state index contributed by atoms with van der Waals surface area (Å²) in [5, 5.41) is 12.2. The van der Waals surface area contributed by atoms with E-state index in [0.29, 0.717) is 12.8 Å². The first-order chi connectivity index (χ1) is 10.1. The fourth-order valence-corrected chi connectivity index (χ4v) is 2.98. The topological polar surface area (TPSA) is 79.5 Å². The molecule has 1 aromatic heterocycles. The second kappa shape index (κ2) is 7.29. The Morgan fingerprint density at radius 1 is 1.38 bits per heavy atom. The van der Waals surface area contributed by atoms with E-state index in [-0.39, 0.29) is 17.9 Å². The minimum atomic E-state index is -0.849. The van der Waals surface area contributed by atoms with E-state index in [2.05, 4.69) is 5.32 Å². The molecule has 21 heavy (non-hydrogen) atoms. The summed E-state index contributed by atoms with van der Waals surface area (Å²) in [5.41, 5.74) is 0. The maximum atomic E-state index is 12.3. The van der Waals surface area contributed by atoms with Gasteiger partial charge in [-0.15, -0.1) is 0 Å². The summed E-state index contributed by atoms with van der Waals surface area (Å²) in [4.78, 5) is 23.5. The lowest BCUT2D eigenvalue weighted by Gasteiger charge is -2.28. The Hall–Kier alpha value is -1.78. The molecule has 5 heteroatoms.